The van der Waals surface area contributed by atoms with Crippen LogP contribution in [-0.4, -0.2) is 204 Å². The first-order valence-electron chi connectivity index (χ1n) is 25.4. The number of carbonyl (C=O) groups excluding carboxylic acids is 6. The summed E-state index contributed by atoms with van der Waals surface area (Å²) in [5, 5.41) is 12.1. The number of benzene rings is 1. The summed E-state index contributed by atoms with van der Waals surface area (Å²) in [6, 6.07) is 6.87. The molecule has 6 amide bonds. The molecule has 9 atom stereocenters. The number of carboxylic acid groups (broad SMARTS) is 1. The third-order valence-corrected chi connectivity index (χ3v) is 16.3. The number of ether oxygens (including phenoxy) is 2. The van der Waals surface area contributed by atoms with Crippen LogP contribution in [0.25, 0.3) is 0 Å². The van der Waals surface area contributed by atoms with Crippen LogP contribution in [0.4, 0.5) is 0 Å². The fourth-order valence-electron chi connectivity index (χ4n) is 10.0. The van der Waals surface area contributed by atoms with Crippen LogP contribution in [0.1, 0.15) is 91.5 Å². The number of aliphatic imine (C=N–C) groups is 1. The minimum Gasteiger partial charge on any atom is -0.481 e. The van der Waals surface area contributed by atoms with E-state index in [0.29, 0.717) is 95.7 Å². The first-order valence-corrected chi connectivity index (χ1v) is 27.3. The smallest absolute Gasteiger partial charge is 0.313 e. The van der Waals surface area contributed by atoms with Crippen molar-refractivity contribution >= 4 is 54.7 Å². The maximum absolute atomic E-state index is 14.8. The van der Waals surface area contributed by atoms with Crippen LogP contribution < -0.4 is 5.32 Å². The van der Waals surface area contributed by atoms with Crippen LogP contribution in [-0.2, 0) is 54.0 Å². The number of carboxylic acids is 1. The van der Waals surface area contributed by atoms with E-state index in [9.17, 15) is 48.1 Å². The molecule has 3 aliphatic rings. The van der Waals surface area contributed by atoms with Gasteiger partial charge in [-0.1, -0.05) is 77.8 Å². The first kappa shape index (κ1) is 59.4. The molecule has 0 bridgehead atoms. The van der Waals surface area contributed by atoms with Gasteiger partial charge in [-0.15, -0.1) is 0 Å². The summed E-state index contributed by atoms with van der Waals surface area (Å²) in [5.74, 6) is -5.08. The second kappa shape index (κ2) is 27.8. The lowest BCUT2D eigenvalue weighted by Crippen LogP contribution is -2.56. The highest BCUT2D eigenvalue weighted by Crippen LogP contribution is 2.46. The number of aliphatic carboxylic acids is 1. The van der Waals surface area contributed by atoms with Crippen molar-refractivity contribution in [1.82, 2.24) is 34.7 Å². The van der Waals surface area contributed by atoms with Gasteiger partial charge in [-0.25, -0.2) is 4.99 Å². The van der Waals surface area contributed by atoms with Crippen LogP contribution in [0, 0.1) is 17.8 Å². The zero-order valence-electron chi connectivity index (χ0n) is 44.1. The number of methoxy groups -OCH3 is 2. The maximum atomic E-state index is 14.8. The Hall–Kier alpha value is -5.17. The molecule has 0 spiro atoms. The Morgan fingerprint density at radius 1 is 0.875 bits per heavy atom. The van der Waals surface area contributed by atoms with E-state index in [1.165, 1.54) is 31.3 Å². The van der Waals surface area contributed by atoms with Gasteiger partial charge in [0.2, 0.25) is 31.0 Å². The molecule has 8 unspecified atom stereocenters. The van der Waals surface area contributed by atoms with Gasteiger partial charge in [0.1, 0.15) is 18.0 Å². The minimum atomic E-state index is -4.43. The molecule has 0 aliphatic carbocycles. The molecule has 3 heterocycles. The quantitative estimate of drug-likeness (QED) is 0.0396. The Labute approximate surface area is 425 Å². The van der Waals surface area contributed by atoms with E-state index in [0.717, 1.165) is 0 Å². The molecular formula is C51H81N8O12P. The van der Waals surface area contributed by atoms with E-state index in [-0.39, 0.29) is 54.2 Å². The summed E-state index contributed by atoms with van der Waals surface area (Å²) in [4.78, 5) is 118. The third kappa shape index (κ3) is 15.9. The van der Waals surface area contributed by atoms with E-state index in [4.69, 9.17) is 14.5 Å². The highest BCUT2D eigenvalue weighted by Gasteiger charge is 2.44. The number of nitrogens with one attached hydrogen (secondary N) is 1. The first-order chi connectivity index (χ1) is 34.1. The van der Waals surface area contributed by atoms with E-state index in [1.54, 1.807) is 54.1 Å². The van der Waals surface area contributed by atoms with Crippen molar-refractivity contribution in [1.29, 1.82) is 0 Å². The molecule has 1 aromatic carbocycles. The molecule has 0 saturated carbocycles. The lowest BCUT2D eigenvalue weighted by molar-refractivity contribution is -0.146. The number of hydrogen-bond donors (Lipinski definition) is 3. The predicted octanol–water partition coefficient (Wildman–Crippen LogP) is 3.52. The number of hydrogen-bond acceptors (Lipinski definition) is 11. The summed E-state index contributed by atoms with van der Waals surface area (Å²) in [7, 11) is 4.03. The number of rotatable bonds is 26. The lowest BCUT2D eigenvalue weighted by Gasteiger charge is -2.41. The molecule has 21 heteroatoms. The van der Waals surface area contributed by atoms with Gasteiger partial charge in [-0.2, -0.15) is 0 Å². The number of nitrogens with zero attached hydrogens (tertiary/aromatic N) is 7. The molecular weight excluding hydrogens is 948 g/mol. The Morgan fingerprint density at radius 3 is 2.06 bits per heavy atom. The zero-order chi connectivity index (χ0) is 53.4. The van der Waals surface area contributed by atoms with Crippen LogP contribution in [0.3, 0.4) is 0 Å². The van der Waals surface area contributed by atoms with E-state index in [2.05, 4.69) is 10.2 Å². The van der Waals surface area contributed by atoms with E-state index in [1.807, 2.05) is 51.6 Å². The molecule has 0 radical (unpaired) electrons. The van der Waals surface area contributed by atoms with Crippen molar-refractivity contribution in [3.63, 3.8) is 0 Å². The Balaban J connectivity index is 1.43. The standard InChI is InChI=1S/C51H81N8O12P/c1-11-35(4)47(55(8)50(67)46(34(2)3)53-51(54(6)7)57-29-27-56(28-30-57)41(60)22-16-13-17-25-59-42(61)23-24-43(59)62)39(70-9)32-44(63)58-26-18-21-38(58)48(71-10)36(5)49(66)52-40(72(68,69)33-45(64)65)31-37-19-14-12-15-20-37/h12,14-15,19-20,23-24,34-36,38-40,46-48H,11,13,16-18,21-22,25-33H2,1-10H3,(H,52,66)(H,64,65)(H,68,69)/b53-51-/t35?,36?,38-,39?,40?,46?,47?,48?/m0/s1. The summed E-state index contributed by atoms with van der Waals surface area (Å²) in [6.45, 7) is 12.3. The van der Waals surface area contributed by atoms with Gasteiger partial charge in [0.05, 0.1) is 36.6 Å². The number of carbonyl (C=O) groups is 7. The van der Waals surface area contributed by atoms with Crippen LogP contribution >= 0.6 is 7.37 Å². The SMILES string of the molecule is CCC(C)C(C(CC(=O)N1CCC[C@H]1C(OC)C(C)C(=O)NC(Cc1ccccc1)P(=O)(O)CC(=O)O)OC)N(C)C(=O)C(/N=C(/N(C)C)N1CCN(C(=O)CCCCCN2C(=O)C=CC2=O)CC1)C(C)C. The molecule has 2 saturated heterocycles. The molecule has 3 aliphatic heterocycles. The van der Waals surface area contributed by atoms with Crippen LogP contribution in [0.2, 0.25) is 0 Å². The number of piperazine rings is 1. The fraction of sp³-hybridized carbons (Fsp3) is 0.686. The number of likely N-dealkylation sites (N-methyl/N-ethyl adjacent to an activating group) is 1. The average molecular weight is 1030 g/mol. The highest BCUT2D eigenvalue weighted by molar-refractivity contribution is 7.59. The summed E-state index contributed by atoms with van der Waals surface area (Å²) in [6.07, 6.45) is 4.04. The molecule has 20 nitrogen and oxygen atoms in total. The average Bonchev–Trinajstić information content (AvgIpc) is 3.96. The molecule has 72 heavy (non-hydrogen) atoms. The normalized spacial score (nSPS) is 20.2. The van der Waals surface area contributed by atoms with E-state index >= 15 is 0 Å². The number of likely N-dealkylation sites (tertiary alicyclic amines) is 1. The molecule has 2 fully saturated rings. The van der Waals surface area contributed by atoms with Crippen molar-refractivity contribution in [2.45, 2.75) is 129 Å². The summed E-state index contributed by atoms with van der Waals surface area (Å²) < 4.78 is 25.4. The van der Waals surface area contributed by atoms with Crippen molar-refractivity contribution in [2.75, 3.05) is 80.8 Å². The van der Waals surface area contributed by atoms with Crippen molar-refractivity contribution in [3.8, 4) is 0 Å². The predicted molar refractivity (Wildman–Crippen MR) is 273 cm³/mol. The van der Waals surface area contributed by atoms with Crippen LogP contribution in [0.15, 0.2) is 47.5 Å². The Bertz CT molecular complexity index is 2110. The van der Waals surface area contributed by atoms with Crippen molar-refractivity contribution in [3.05, 3.63) is 48.0 Å². The van der Waals surface area contributed by atoms with E-state index < -0.39 is 67.4 Å². The summed E-state index contributed by atoms with van der Waals surface area (Å²) in [5.41, 5.74) is 0.641. The van der Waals surface area contributed by atoms with Gasteiger partial charge >= 0.3 is 5.97 Å². The zero-order valence-corrected chi connectivity index (χ0v) is 45.0. The van der Waals surface area contributed by atoms with Crippen molar-refractivity contribution in [2.24, 2.45) is 22.7 Å². The number of guanidine groups is 1. The van der Waals surface area contributed by atoms with Crippen molar-refractivity contribution < 1.29 is 57.6 Å². The van der Waals surface area contributed by atoms with Gasteiger partial charge in [0, 0.05) is 99.6 Å². The second-order valence-corrected chi connectivity index (χ2v) is 22.4. The third-order valence-electron chi connectivity index (χ3n) is 14.3. The Morgan fingerprint density at radius 2 is 1.50 bits per heavy atom. The minimum absolute atomic E-state index is 0.0456. The van der Waals surface area contributed by atoms with Crippen LogP contribution in [0.5, 0.6) is 0 Å². The van der Waals surface area contributed by atoms with Gasteiger partial charge in [-0.05, 0) is 43.1 Å². The molecule has 4 rings (SSSR count). The topological polar surface area (TPSA) is 239 Å². The molecule has 0 aromatic heterocycles. The monoisotopic (exact) mass is 1030 g/mol. The number of amides is 6. The van der Waals surface area contributed by atoms with Gasteiger partial charge in [-0.3, -0.25) is 43.0 Å². The maximum Gasteiger partial charge on any atom is 0.313 e. The number of imide groups is 1. The number of unbranched alkanes of at least 4 members (excludes halogenated alkanes) is 2. The van der Waals surface area contributed by atoms with Gasteiger partial charge in [0.15, 0.2) is 5.96 Å². The lowest BCUT2D eigenvalue weighted by atomic mass is 9.89. The van der Waals surface area contributed by atoms with Gasteiger partial charge in [0.25, 0.3) is 11.8 Å². The molecule has 1 aromatic rings. The second-order valence-electron chi connectivity index (χ2n) is 20.0. The summed E-state index contributed by atoms with van der Waals surface area (Å²) >= 11 is 0. The Kier molecular flexibility index (Phi) is 22.9. The fourth-order valence-corrected chi connectivity index (χ4v) is 11.5. The largest absolute Gasteiger partial charge is 0.481 e. The highest BCUT2D eigenvalue weighted by atomic mass is 31.2. The van der Waals surface area contributed by atoms with Gasteiger partial charge < -0.3 is 49.3 Å². The molecule has 402 valence electrons. The molecule has 3 N–H and O–H groups in total.